The standard InChI is InChI=1S/C18H18N2O4/c21-15-4-1-3-14(11-15)20-17(22)12-6-8-13(9-7-12)19-18(23)16-5-2-10-24-16/h1,3-4,6-9,11,16,21H,2,5,10H2,(H,19,23)(H,20,22)/t16-/m1/s1. The van der Waals surface area contributed by atoms with Crippen LogP contribution in [0.5, 0.6) is 5.75 Å². The summed E-state index contributed by atoms with van der Waals surface area (Å²) in [5.41, 5.74) is 1.58. The van der Waals surface area contributed by atoms with E-state index in [1.54, 1.807) is 36.4 Å². The number of carbonyl (C=O) groups excluding carboxylic acids is 2. The predicted molar refractivity (Wildman–Crippen MR) is 90.1 cm³/mol. The van der Waals surface area contributed by atoms with E-state index in [4.69, 9.17) is 4.74 Å². The Kier molecular flexibility index (Phi) is 4.77. The lowest BCUT2D eigenvalue weighted by Gasteiger charge is -2.11. The molecule has 1 fully saturated rings. The fourth-order valence-corrected chi connectivity index (χ4v) is 2.50. The lowest BCUT2D eigenvalue weighted by molar-refractivity contribution is -0.124. The van der Waals surface area contributed by atoms with E-state index in [9.17, 15) is 14.7 Å². The minimum atomic E-state index is -0.390. The SMILES string of the molecule is O=C(Nc1cccc(O)c1)c1ccc(NC(=O)[C@H]2CCCO2)cc1. The van der Waals surface area contributed by atoms with Crippen LogP contribution < -0.4 is 10.6 Å². The van der Waals surface area contributed by atoms with Crippen molar-refractivity contribution in [1.82, 2.24) is 0 Å². The molecule has 3 rings (SSSR count). The van der Waals surface area contributed by atoms with Crippen molar-refractivity contribution in [2.75, 3.05) is 17.2 Å². The van der Waals surface area contributed by atoms with Crippen molar-refractivity contribution in [2.24, 2.45) is 0 Å². The number of benzene rings is 2. The molecule has 24 heavy (non-hydrogen) atoms. The number of ether oxygens (including phenoxy) is 1. The highest BCUT2D eigenvalue weighted by Gasteiger charge is 2.23. The van der Waals surface area contributed by atoms with Crippen LogP contribution in [0.25, 0.3) is 0 Å². The van der Waals surface area contributed by atoms with Gasteiger partial charge in [-0.05, 0) is 49.2 Å². The minimum absolute atomic E-state index is 0.0833. The van der Waals surface area contributed by atoms with Gasteiger partial charge in [0.05, 0.1) is 0 Å². The summed E-state index contributed by atoms with van der Waals surface area (Å²) in [4.78, 5) is 24.1. The van der Waals surface area contributed by atoms with E-state index in [2.05, 4.69) is 10.6 Å². The van der Waals surface area contributed by atoms with Crippen LogP contribution in [-0.2, 0) is 9.53 Å². The number of phenols is 1. The van der Waals surface area contributed by atoms with E-state index < -0.39 is 6.10 Å². The largest absolute Gasteiger partial charge is 0.508 e. The fourth-order valence-electron chi connectivity index (χ4n) is 2.50. The van der Waals surface area contributed by atoms with Gasteiger partial charge < -0.3 is 20.5 Å². The van der Waals surface area contributed by atoms with Crippen molar-refractivity contribution in [1.29, 1.82) is 0 Å². The summed E-state index contributed by atoms with van der Waals surface area (Å²) in [7, 11) is 0. The lowest BCUT2D eigenvalue weighted by Crippen LogP contribution is -2.26. The Morgan fingerprint density at radius 3 is 2.50 bits per heavy atom. The summed E-state index contributed by atoms with van der Waals surface area (Å²) < 4.78 is 5.33. The molecule has 2 aromatic rings. The first-order valence-corrected chi connectivity index (χ1v) is 7.75. The van der Waals surface area contributed by atoms with Crippen molar-refractivity contribution in [3.05, 3.63) is 54.1 Å². The molecule has 3 N–H and O–H groups in total. The van der Waals surface area contributed by atoms with Gasteiger partial charge in [-0.1, -0.05) is 6.07 Å². The first kappa shape index (κ1) is 16.0. The van der Waals surface area contributed by atoms with Crippen molar-refractivity contribution in [3.8, 4) is 5.75 Å². The van der Waals surface area contributed by atoms with Crippen molar-refractivity contribution >= 4 is 23.2 Å². The molecule has 1 atom stereocenters. The van der Waals surface area contributed by atoms with E-state index in [1.807, 2.05) is 0 Å². The van der Waals surface area contributed by atoms with Crippen LogP contribution in [0.2, 0.25) is 0 Å². The molecule has 2 aromatic carbocycles. The maximum absolute atomic E-state index is 12.2. The molecule has 0 aromatic heterocycles. The van der Waals surface area contributed by atoms with Crippen molar-refractivity contribution in [3.63, 3.8) is 0 Å². The molecular formula is C18H18N2O4. The summed E-state index contributed by atoms with van der Waals surface area (Å²) in [5, 5.41) is 14.9. The topological polar surface area (TPSA) is 87.7 Å². The third kappa shape index (κ3) is 3.91. The van der Waals surface area contributed by atoms with Crippen LogP contribution in [0.3, 0.4) is 0 Å². The van der Waals surface area contributed by atoms with E-state index >= 15 is 0 Å². The van der Waals surface area contributed by atoms with Gasteiger partial charge in [0.25, 0.3) is 11.8 Å². The average molecular weight is 326 g/mol. The zero-order valence-electron chi connectivity index (χ0n) is 13.0. The molecule has 1 aliphatic rings. The third-order valence-electron chi connectivity index (χ3n) is 3.74. The molecule has 0 aliphatic carbocycles. The molecule has 0 bridgehead atoms. The highest BCUT2D eigenvalue weighted by atomic mass is 16.5. The lowest BCUT2D eigenvalue weighted by atomic mass is 10.1. The predicted octanol–water partition coefficient (Wildman–Crippen LogP) is 2.76. The Morgan fingerprint density at radius 2 is 1.83 bits per heavy atom. The zero-order chi connectivity index (χ0) is 16.9. The second kappa shape index (κ2) is 7.14. The Labute approximate surface area is 139 Å². The smallest absolute Gasteiger partial charge is 0.255 e. The second-order valence-corrected chi connectivity index (χ2v) is 5.57. The maximum atomic E-state index is 12.2. The molecule has 6 heteroatoms. The van der Waals surface area contributed by atoms with Crippen LogP contribution in [0.1, 0.15) is 23.2 Å². The summed E-state index contributed by atoms with van der Waals surface area (Å²) in [6, 6.07) is 12.9. The van der Waals surface area contributed by atoms with Gasteiger partial charge in [0.1, 0.15) is 11.9 Å². The molecule has 0 saturated carbocycles. The number of rotatable bonds is 4. The van der Waals surface area contributed by atoms with E-state index in [0.717, 1.165) is 12.8 Å². The van der Waals surface area contributed by atoms with Crippen LogP contribution in [0, 0.1) is 0 Å². The highest BCUT2D eigenvalue weighted by molar-refractivity contribution is 6.04. The third-order valence-corrected chi connectivity index (χ3v) is 3.74. The second-order valence-electron chi connectivity index (χ2n) is 5.57. The molecule has 0 radical (unpaired) electrons. The summed E-state index contributed by atoms with van der Waals surface area (Å²) >= 11 is 0. The number of anilines is 2. The number of hydrogen-bond donors (Lipinski definition) is 3. The van der Waals surface area contributed by atoms with Crippen LogP contribution in [-0.4, -0.2) is 29.6 Å². The Hall–Kier alpha value is -2.86. The number of hydrogen-bond acceptors (Lipinski definition) is 4. The first-order chi connectivity index (χ1) is 11.6. The van der Waals surface area contributed by atoms with E-state index in [1.165, 1.54) is 12.1 Å². The molecule has 0 unspecified atom stereocenters. The normalized spacial score (nSPS) is 16.6. The van der Waals surface area contributed by atoms with Gasteiger partial charge >= 0.3 is 0 Å². The highest BCUT2D eigenvalue weighted by Crippen LogP contribution is 2.18. The van der Waals surface area contributed by atoms with Crippen LogP contribution in [0.15, 0.2) is 48.5 Å². The summed E-state index contributed by atoms with van der Waals surface area (Å²) in [6.07, 6.45) is 1.24. The fraction of sp³-hybridized carbons (Fsp3) is 0.222. The minimum Gasteiger partial charge on any atom is -0.508 e. The van der Waals surface area contributed by atoms with Crippen molar-refractivity contribution in [2.45, 2.75) is 18.9 Å². The van der Waals surface area contributed by atoms with Crippen LogP contribution in [0.4, 0.5) is 11.4 Å². The average Bonchev–Trinajstić information content (AvgIpc) is 3.10. The Balaban J connectivity index is 1.61. The number of nitrogens with one attached hydrogen (secondary N) is 2. The molecule has 2 amide bonds. The molecule has 0 spiro atoms. The Bertz CT molecular complexity index is 737. The zero-order valence-corrected chi connectivity index (χ0v) is 13.0. The number of aromatic hydroxyl groups is 1. The van der Waals surface area contributed by atoms with Crippen molar-refractivity contribution < 1.29 is 19.4 Å². The molecule has 124 valence electrons. The summed E-state index contributed by atoms with van der Waals surface area (Å²) in [6.45, 7) is 0.617. The monoisotopic (exact) mass is 326 g/mol. The van der Waals surface area contributed by atoms with Gasteiger partial charge in [-0.25, -0.2) is 0 Å². The van der Waals surface area contributed by atoms with Gasteiger partial charge in [0.15, 0.2) is 0 Å². The number of carbonyl (C=O) groups is 2. The quantitative estimate of drug-likeness (QED) is 0.806. The Morgan fingerprint density at radius 1 is 1.04 bits per heavy atom. The molecule has 6 nitrogen and oxygen atoms in total. The van der Waals surface area contributed by atoms with Gasteiger partial charge in [0, 0.05) is 29.6 Å². The number of amides is 2. The van der Waals surface area contributed by atoms with Gasteiger partial charge in [-0.15, -0.1) is 0 Å². The van der Waals surface area contributed by atoms with E-state index in [0.29, 0.717) is 23.5 Å². The van der Waals surface area contributed by atoms with Gasteiger partial charge in [-0.3, -0.25) is 9.59 Å². The molecule has 1 heterocycles. The van der Waals surface area contributed by atoms with Gasteiger partial charge in [-0.2, -0.15) is 0 Å². The molecule has 1 saturated heterocycles. The molecule has 1 aliphatic heterocycles. The van der Waals surface area contributed by atoms with Crippen LogP contribution >= 0.6 is 0 Å². The summed E-state index contributed by atoms with van der Waals surface area (Å²) in [5.74, 6) is -0.373. The first-order valence-electron chi connectivity index (χ1n) is 7.75. The van der Waals surface area contributed by atoms with E-state index in [-0.39, 0.29) is 17.6 Å². The number of phenolic OH excluding ortho intramolecular Hbond substituents is 1. The van der Waals surface area contributed by atoms with Gasteiger partial charge in [0.2, 0.25) is 0 Å². The maximum Gasteiger partial charge on any atom is 0.255 e. The molecular weight excluding hydrogens is 308 g/mol.